The van der Waals surface area contributed by atoms with Crippen LogP contribution in [0.3, 0.4) is 0 Å². The SMILES string of the molecule is C=CCCCCC(=O)CC/C(C)=C\[C@@H](C)[C@H](O)C(C=C)OC. The van der Waals surface area contributed by atoms with Crippen molar-refractivity contribution in [2.75, 3.05) is 7.11 Å². The molecule has 126 valence electrons. The second-order valence-corrected chi connectivity index (χ2v) is 5.87. The van der Waals surface area contributed by atoms with Gasteiger partial charge < -0.3 is 9.84 Å². The molecule has 0 aromatic rings. The highest BCUT2D eigenvalue weighted by Crippen LogP contribution is 2.17. The van der Waals surface area contributed by atoms with Crippen LogP contribution in [0, 0.1) is 5.92 Å². The number of carbonyl (C=O) groups excluding carboxylic acids is 1. The smallest absolute Gasteiger partial charge is 0.133 e. The van der Waals surface area contributed by atoms with Gasteiger partial charge in [-0.1, -0.05) is 30.7 Å². The maximum Gasteiger partial charge on any atom is 0.133 e. The summed E-state index contributed by atoms with van der Waals surface area (Å²) in [6, 6.07) is 0. The zero-order chi connectivity index (χ0) is 17.0. The minimum atomic E-state index is -0.618. The zero-order valence-electron chi connectivity index (χ0n) is 14.4. The number of Topliss-reactive ketones (excluding diaryl/α,β-unsaturated/α-hetero) is 1. The molecule has 0 aliphatic rings. The third-order valence-corrected chi connectivity index (χ3v) is 3.84. The quantitative estimate of drug-likeness (QED) is 0.409. The van der Waals surface area contributed by atoms with E-state index in [0.717, 1.165) is 31.3 Å². The van der Waals surface area contributed by atoms with Crippen LogP contribution in [0.25, 0.3) is 0 Å². The molecule has 0 bridgehead atoms. The Morgan fingerprint density at radius 1 is 1.23 bits per heavy atom. The average molecular weight is 308 g/mol. The predicted molar refractivity (Wildman–Crippen MR) is 92.8 cm³/mol. The Morgan fingerprint density at radius 3 is 2.45 bits per heavy atom. The highest BCUT2D eigenvalue weighted by molar-refractivity contribution is 5.78. The molecular weight excluding hydrogens is 276 g/mol. The summed E-state index contributed by atoms with van der Waals surface area (Å²) in [6.07, 6.45) is 9.47. The second kappa shape index (κ2) is 12.4. The maximum absolute atomic E-state index is 11.8. The molecule has 0 radical (unpaired) electrons. The fourth-order valence-electron chi connectivity index (χ4n) is 2.38. The van der Waals surface area contributed by atoms with Crippen LogP contribution in [0.5, 0.6) is 0 Å². The van der Waals surface area contributed by atoms with Gasteiger partial charge in [0.1, 0.15) is 11.9 Å². The van der Waals surface area contributed by atoms with Crippen molar-refractivity contribution in [2.45, 2.75) is 64.6 Å². The lowest BCUT2D eigenvalue weighted by Gasteiger charge is -2.22. The molecular formula is C19H32O3. The third kappa shape index (κ3) is 8.96. The van der Waals surface area contributed by atoms with Gasteiger partial charge in [-0.3, -0.25) is 4.79 Å². The largest absolute Gasteiger partial charge is 0.389 e. The van der Waals surface area contributed by atoms with Crippen LogP contribution in [0.2, 0.25) is 0 Å². The van der Waals surface area contributed by atoms with E-state index in [2.05, 4.69) is 13.2 Å². The van der Waals surface area contributed by atoms with E-state index < -0.39 is 6.10 Å². The monoisotopic (exact) mass is 308 g/mol. The van der Waals surface area contributed by atoms with Crippen LogP contribution in [-0.2, 0) is 9.53 Å². The Kier molecular flexibility index (Phi) is 11.7. The van der Waals surface area contributed by atoms with Gasteiger partial charge in [0.05, 0.1) is 6.10 Å². The summed E-state index contributed by atoms with van der Waals surface area (Å²) in [6.45, 7) is 11.3. The van der Waals surface area contributed by atoms with E-state index >= 15 is 0 Å². The van der Waals surface area contributed by atoms with Gasteiger partial charge in [-0.2, -0.15) is 0 Å². The summed E-state index contributed by atoms with van der Waals surface area (Å²) >= 11 is 0. The van der Waals surface area contributed by atoms with Crippen LogP contribution < -0.4 is 0 Å². The average Bonchev–Trinajstić information content (AvgIpc) is 2.50. The number of aliphatic hydroxyl groups is 1. The summed E-state index contributed by atoms with van der Waals surface area (Å²) in [5, 5.41) is 10.2. The molecule has 0 fully saturated rings. The van der Waals surface area contributed by atoms with Gasteiger partial charge in [-0.25, -0.2) is 0 Å². The first-order valence-electron chi connectivity index (χ1n) is 8.09. The first-order chi connectivity index (χ1) is 10.5. The minimum Gasteiger partial charge on any atom is -0.389 e. The Bertz CT molecular complexity index is 371. The van der Waals surface area contributed by atoms with Crippen molar-refractivity contribution in [2.24, 2.45) is 5.92 Å². The molecule has 22 heavy (non-hydrogen) atoms. The van der Waals surface area contributed by atoms with Crippen LogP contribution in [0.1, 0.15) is 52.4 Å². The van der Waals surface area contributed by atoms with Gasteiger partial charge in [-0.05, 0) is 32.6 Å². The number of methoxy groups -OCH3 is 1. The first kappa shape index (κ1) is 20.8. The Morgan fingerprint density at radius 2 is 1.91 bits per heavy atom. The van der Waals surface area contributed by atoms with Gasteiger partial charge in [0, 0.05) is 25.9 Å². The van der Waals surface area contributed by atoms with Crippen LogP contribution in [0.4, 0.5) is 0 Å². The minimum absolute atomic E-state index is 0.0364. The number of rotatable bonds is 13. The molecule has 3 atom stereocenters. The summed E-state index contributed by atoms with van der Waals surface area (Å²) in [7, 11) is 1.56. The van der Waals surface area contributed by atoms with E-state index in [1.54, 1.807) is 13.2 Å². The number of aliphatic hydroxyl groups excluding tert-OH is 1. The molecule has 0 heterocycles. The summed E-state index contributed by atoms with van der Waals surface area (Å²) in [5.41, 5.74) is 1.13. The van der Waals surface area contributed by atoms with Crippen molar-refractivity contribution in [3.05, 3.63) is 37.0 Å². The van der Waals surface area contributed by atoms with Crippen molar-refractivity contribution in [1.82, 2.24) is 0 Å². The lowest BCUT2D eigenvalue weighted by atomic mass is 9.95. The number of ketones is 1. The molecule has 3 heteroatoms. The molecule has 0 spiro atoms. The molecule has 0 aromatic carbocycles. The third-order valence-electron chi connectivity index (χ3n) is 3.84. The van der Waals surface area contributed by atoms with Crippen LogP contribution in [-0.4, -0.2) is 30.2 Å². The highest BCUT2D eigenvalue weighted by atomic mass is 16.5. The Hall–Kier alpha value is -1.19. The van der Waals surface area contributed by atoms with E-state index in [4.69, 9.17) is 4.74 Å². The Balaban J connectivity index is 4.18. The number of carbonyl (C=O) groups is 1. The van der Waals surface area contributed by atoms with Gasteiger partial charge in [0.25, 0.3) is 0 Å². The van der Waals surface area contributed by atoms with Crippen LogP contribution in [0.15, 0.2) is 37.0 Å². The fraction of sp³-hybridized carbons (Fsp3) is 0.632. The maximum atomic E-state index is 11.8. The molecule has 0 rings (SSSR count). The first-order valence-corrected chi connectivity index (χ1v) is 8.09. The fourth-order valence-corrected chi connectivity index (χ4v) is 2.38. The topological polar surface area (TPSA) is 46.5 Å². The molecule has 1 unspecified atom stereocenters. The second-order valence-electron chi connectivity index (χ2n) is 5.87. The lowest BCUT2D eigenvalue weighted by molar-refractivity contribution is -0.119. The van der Waals surface area contributed by atoms with Gasteiger partial charge in [0.2, 0.25) is 0 Å². The molecule has 0 saturated carbocycles. The van der Waals surface area contributed by atoms with Crippen LogP contribution >= 0.6 is 0 Å². The van der Waals surface area contributed by atoms with E-state index in [9.17, 15) is 9.90 Å². The number of allylic oxidation sites excluding steroid dienone is 2. The van der Waals surface area contributed by atoms with Gasteiger partial charge in [-0.15, -0.1) is 13.2 Å². The summed E-state index contributed by atoms with van der Waals surface area (Å²) in [5.74, 6) is 0.275. The summed E-state index contributed by atoms with van der Waals surface area (Å²) in [4.78, 5) is 11.8. The number of hydrogen-bond acceptors (Lipinski definition) is 3. The number of hydrogen-bond donors (Lipinski definition) is 1. The number of unbranched alkanes of at least 4 members (excludes halogenated alkanes) is 2. The van der Waals surface area contributed by atoms with E-state index in [1.807, 2.05) is 26.0 Å². The molecule has 0 aromatic heterocycles. The summed E-state index contributed by atoms with van der Waals surface area (Å²) < 4.78 is 5.17. The van der Waals surface area contributed by atoms with Gasteiger partial charge in [0.15, 0.2) is 0 Å². The predicted octanol–water partition coefficient (Wildman–Crippen LogP) is 4.23. The molecule has 0 aliphatic heterocycles. The van der Waals surface area contributed by atoms with Crippen molar-refractivity contribution >= 4 is 5.78 Å². The lowest BCUT2D eigenvalue weighted by Crippen LogP contribution is -2.31. The van der Waals surface area contributed by atoms with Crippen molar-refractivity contribution in [3.8, 4) is 0 Å². The molecule has 1 N–H and O–H groups in total. The zero-order valence-corrected chi connectivity index (χ0v) is 14.4. The van der Waals surface area contributed by atoms with Crippen molar-refractivity contribution in [1.29, 1.82) is 0 Å². The van der Waals surface area contributed by atoms with Crippen molar-refractivity contribution in [3.63, 3.8) is 0 Å². The van der Waals surface area contributed by atoms with E-state index in [1.165, 1.54) is 0 Å². The standard InChI is InChI=1S/C19H32O3/c1-6-8-9-10-11-17(20)13-12-15(3)14-16(4)19(21)18(7-2)22-5/h6-7,14,16,18-19,21H,1-2,8-13H2,3-5H3/b15-14-/t16-,18?,19+/m1/s1. The Labute approximate surface area is 135 Å². The van der Waals surface area contributed by atoms with E-state index in [0.29, 0.717) is 18.6 Å². The molecule has 0 saturated heterocycles. The van der Waals surface area contributed by atoms with E-state index in [-0.39, 0.29) is 12.0 Å². The van der Waals surface area contributed by atoms with Crippen molar-refractivity contribution < 1.29 is 14.6 Å². The molecule has 0 aliphatic carbocycles. The normalized spacial score (nSPS) is 15.9. The molecule has 3 nitrogen and oxygen atoms in total. The number of ether oxygens (including phenoxy) is 1. The highest BCUT2D eigenvalue weighted by Gasteiger charge is 2.20. The molecule has 0 amide bonds. The van der Waals surface area contributed by atoms with Gasteiger partial charge >= 0.3 is 0 Å².